The quantitative estimate of drug-likeness (QED) is 0.617. The number of ether oxygens (including phenoxy) is 1. The van der Waals surface area contributed by atoms with Crippen LogP contribution >= 0.6 is 0 Å². The average Bonchev–Trinajstić information content (AvgIpc) is 3.04. The summed E-state index contributed by atoms with van der Waals surface area (Å²) in [6.07, 6.45) is 3.88. The standard InChI is InChI=1S/C20H18N4O/c1-14-11-24-12-17(22-20(24)23-19(14)21)16-9-5-6-10-18(16)25-13-15-7-3-2-4-8-15/h2-12H,13H2,1H3,(H2,21,22,23). The normalized spacial score (nSPS) is 10.9. The van der Waals surface area contributed by atoms with Gasteiger partial charge in [-0.2, -0.15) is 4.98 Å². The molecule has 0 atom stereocenters. The van der Waals surface area contributed by atoms with E-state index in [1.807, 2.05) is 78.3 Å². The Morgan fingerprint density at radius 2 is 1.72 bits per heavy atom. The van der Waals surface area contributed by atoms with Crippen molar-refractivity contribution in [2.75, 3.05) is 5.73 Å². The first-order valence-electron chi connectivity index (χ1n) is 8.08. The Morgan fingerprint density at radius 1 is 0.960 bits per heavy atom. The molecular weight excluding hydrogens is 312 g/mol. The Hall–Kier alpha value is -3.34. The second-order valence-corrected chi connectivity index (χ2v) is 5.91. The largest absolute Gasteiger partial charge is 0.488 e. The number of para-hydroxylation sites is 1. The molecule has 0 saturated heterocycles. The average molecular weight is 330 g/mol. The molecule has 0 amide bonds. The number of nitrogen functional groups attached to an aromatic ring is 1. The van der Waals surface area contributed by atoms with Gasteiger partial charge in [0, 0.05) is 23.5 Å². The molecule has 2 aromatic carbocycles. The van der Waals surface area contributed by atoms with E-state index in [1.165, 1.54) is 0 Å². The molecule has 0 unspecified atom stereocenters. The van der Waals surface area contributed by atoms with Crippen molar-refractivity contribution in [3.05, 3.63) is 78.1 Å². The Morgan fingerprint density at radius 3 is 2.56 bits per heavy atom. The summed E-state index contributed by atoms with van der Waals surface area (Å²) in [5.41, 5.74) is 9.67. The van der Waals surface area contributed by atoms with E-state index in [-0.39, 0.29) is 0 Å². The van der Waals surface area contributed by atoms with Gasteiger partial charge >= 0.3 is 0 Å². The molecule has 2 N–H and O–H groups in total. The number of aryl methyl sites for hydroxylation is 1. The molecule has 0 aliphatic rings. The maximum absolute atomic E-state index is 6.03. The van der Waals surface area contributed by atoms with Crippen LogP contribution < -0.4 is 10.5 Å². The number of rotatable bonds is 4. The van der Waals surface area contributed by atoms with Crippen molar-refractivity contribution in [2.24, 2.45) is 0 Å². The van der Waals surface area contributed by atoms with E-state index in [4.69, 9.17) is 10.5 Å². The lowest BCUT2D eigenvalue weighted by molar-refractivity contribution is 0.307. The van der Waals surface area contributed by atoms with Gasteiger partial charge in [0.05, 0.1) is 5.69 Å². The van der Waals surface area contributed by atoms with E-state index < -0.39 is 0 Å². The first kappa shape index (κ1) is 15.2. The summed E-state index contributed by atoms with van der Waals surface area (Å²) in [5, 5.41) is 0. The maximum atomic E-state index is 6.03. The molecular formula is C20H18N4O. The fourth-order valence-electron chi connectivity index (χ4n) is 2.70. The molecule has 5 heteroatoms. The van der Waals surface area contributed by atoms with Gasteiger partial charge in [-0.1, -0.05) is 42.5 Å². The number of imidazole rings is 1. The molecule has 0 aliphatic heterocycles. The molecule has 0 fully saturated rings. The van der Waals surface area contributed by atoms with Crippen molar-refractivity contribution in [2.45, 2.75) is 13.5 Å². The summed E-state index contributed by atoms with van der Waals surface area (Å²) >= 11 is 0. The minimum absolute atomic E-state index is 0.498. The van der Waals surface area contributed by atoms with Crippen LogP contribution in [0.15, 0.2) is 67.0 Å². The first-order chi connectivity index (χ1) is 12.2. The third-order valence-electron chi connectivity index (χ3n) is 4.07. The number of benzene rings is 2. The summed E-state index contributed by atoms with van der Waals surface area (Å²) in [7, 11) is 0. The highest BCUT2D eigenvalue weighted by molar-refractivity contribution is 5.68. The van der Waals surface area contributed by atoms with Crippen LogP contribution in [0, 0.1) is 6.92 Å². The molecule has 25 heavy (non-hydrogen) atoms. The van der Waals surface area contributed by atoms with Crippen molar-refractivity contribution < 1.29 is 4.74 Å². The molecule has 0 saturated carbocycles. The molecule has 0 radical (unpaired) electrons. The molecule has 0 bridgehead atoms. The maximum Gasteiger partial charge on any atom is 0.236 e. The second-order valence-electron chi connectivity index (χ2n) is 5.91. The Bertz CT molecular complexity index is 985. The topological polar surface area (TPSA) is 65.4 Å². The van der Waals surface area contributed by atoms with E-state index in [1.54, 1.807) is 0 Å². The number of aromatic nitrogens is 3. The fourth-order valence-corrected chi connectivity index (χ4v) is 2.70. The highest BCUT2D eigenvalue weighted by atomic mass is 16.5. The van der Waals surface area contributed by atoms with Gasteiger partial charge in [-0.25, -0.2) is 4.98 Å². The predicted octanol–water partition coefficient (Wildman–Crippen LogP) is 3.87. The lowest BCUT2D eigenvalue weighted by Gasteiger charge is -2.10. The molecule has 4 aromatic rings. The first-order valence-corrected chi connectivity index (χ1v) is 8.08. The second kappa shape index (κ2) is 6.28. The van der Waals surface area contributed by atoms with Crippen LogP contribution in [0.25, 0.3) is 17.0 Å². The van der Waals surface area contributed by atoms with Crippen LogP contribution in [0.2, 0.25) is 0 Å². The number of hydrogen-bond acceptors (Lipinski definition) is 4. The number of anilines is 1. The van der Waals surface area contributed by atoms with Crippen LogP contribution in [0.4, 0.5) is 5.82 Å². The van der Waals surface area contributed by atoms with Crippen molar-refractivity contribution in [1.29, 1.82) is 0 Å². The third kappa shape index (κ3) is 3.04. The van der Waals surface area contributed by atoms with E-state index in [0.717, 1.165) is 28.1 Å². The van der Waals surface area contributed by atoms with Crippen molar-refractivity contribution in [3.8, 4) is 17.0 Å². The number of nitrogens with two attached hydrogens (primary N) is 1. The van der Waals surface area contributed by atoms with Crippen LogP contribution in [0.3, 0.4) is 0 Å². The van der Waals surface area contributed by atoms with E-state index in [0.29, 0.717) is 18.2 Å². The smallest absolute Gasteiger partial charge is 0.236 e. The summed E-state index contributed by atoms with van der Waals surface area (Å²) in [6.45, 7) is 2.44. The third-order valence-corrected chi connectivity index (χ3v) is 4.07. The monoisotopic (exact) mass is 330 g/mol. The van der Waals surface area contributed by atoms with Gasteiger partial charge in [0.25, 0.3) is 0 Å². The van der Waals surface area contributed by atoms with Crippen molar-refractivity contribution in [1.82, 2.24) is 14.4 Å². The van der Waals surface area contributed by atoms with Crippen molar-refractivity contribution in [3.63, 3.8) is 0 Å². The fraction of sp³-hybridized carbons (Fsp3) is 0.100. The molecule has 2 heterocycles. The minimum Gasteiger partial charge on any atom is -0.488 e. The van der Waals surface area contributed by atoms with Crippen LogP contribution in [0.1, 0.15) is 11.1 Å². The number of fused-ring (bicyclic) bond motifs is 1. The number of hydrogen-bond donors (Lipinski definition) is 1. The SMILES string of the molecule is Cc1cn2cc(-c3ccccc3OCc3ccccc3)nc2nc1N. The van der Waals surface area contributed by atoms with E-state index in [9.17, 15) is 0 Å². The highest BCUT2D eigenvalue weighted by Crippen LogP contribution is 2.30. The number of nitrogens with zero attached hydrogens (tertiary/aromatic N) is 3. The zero-order valence-electron chi connectivity index (χ0n) is 13.9. The highest BCUT2D eigenvalue weighted by Gasteiger charge is 2.12. The zero-order valence-corrected chi connectivity index (χ0v) is 13.9. The molecule has 5 nitrogen and oxygen atoms in total. The summed E-state index contributed by atoms with van der Waals surface area (Å²) < 4.78 is 7.91. The van der Waals surface area contributed by atoms with Gasteiger partial charge in [-0.05, 0) is 24.6 Å². The molecule has 4 rings (SSSR count). The molecule has 0 spiro atoms. The Balaban J connectivity index is 1.68. The zero-order chi connectivity index (χ0) is 17.2. The summed E-state index contributed by atoms with van der Waals surface area (Å²) in [4.78, 5) is 8.93. The Kier molecular flexibility index (Phi) is 3.82. The molecule has 2 aromatic heterocycles. The van der Waals surface area contributed by atoms with Gasteiger partial charge in [0.1, 0.15) is 18.2 Å². The molecule has 0 aliphatic carbocycles. The van der Waals surface area contributed by atoms with Gasteiger partial charge in [-0.15, -0.1) is 0 Å². The lowest BCUT2D eigenvalue weighted by atomic mass is 10.1. The Labute approximate surface area is 145 Å². The van der Waals surface area contributed by atoms with Gasteiger partial charge in [0.2, 0.25) is 5.78 Å². The lowest BCUT2D eigenvalue weighted by Crippen LogP contribution is -1.97. The van der Waals surface area contributed by atoms with Gasteiger partial charge < -0.3 is 10.5 Å². The van der Waals surface area contributed by atoms with Crippen LogP contribution in [0.5, 0.6) is 5.75 Å². The minimum atomic E-state index is 0.498. The molecule has 124 valence electrons. The summed E-state index contributed by atoms with van der Waals surface area (Å²) in [6, 6.07) is 18.0. The van der Waals surface area contributed by atoms with Crippen LogP contribution in [-0.2, 0) is 6.61 Å². The summed E-state index contributed by atoms with van der Waals surface area (Å²) in [5.74, 6) is 1.87. The van der Waals surface area contributed by atoms with E-state index >= 15 is 0 Å². The van der Waals surface area contributed by atoms with Crippen LogP contribution in [-0.4, -0.2) is 14.4 Å². The van der Waals surface area contributed by atoms with E-state index in [2.05, 4.69) is 9.97 Å². The van der Waals surface area contributed by atoms with Crippen molar-refractivity contribution >= 4 is 11.6 Å². The van der Waals surface area contributed by atoms with Gasteiger partial charge in [-0.3, -0.25) is 4.40 Å². The van der Waals surface area contributed by atoms with Gasteiger partial charge in [0.15, 0.2) is 0 Å². The predicted molar refractivity (Wildman–Crippen MR) is 98.3 cm³/mol.